The Hall–Kier alpha value is -1.55. The molecule has 1 aliphatic heterocycles. The second-order valence-electron chi connectivity index (χ2n) is 3.81. The van der Waals surface area contributed by atoms with Gasteiger partial charge in [0.1, 0.15) is 18.4 Å². The molecule has 92 valence electrons. The zero-order valence-corrected chi connectivity index (χ0v) is 10.1. The van der Waals surface area contributed by atoms with Gasteiger partial charge in [-0.3, -0.25) is 0 Å². The summed E-state index contributed by atoms with van der Waals surface area (Å²) in [5.74, 6) is -0.411. The van der Waals surface area contributed by atoms with E-state index in [2.05, 4.69) is 0 Å². The van der Waals surface area contributed by atoms with Crippen molar-refractivity contribution in [2.45, 2.75) is 12.7 Å². The van der Waals surface area contributed by atoms with Gasteiger partial charge in [-0.2, -0.15) is 0 Å². The number of benzene rings is 1. The van der Waals surface area contributed by atoms with Crippen molar-refractivity contribution in [3.05, 3.63) is 36.3 Å². The number of alkyl halides is 1. The van der Waals surface area contributed by atoms with Crippen LogP contribution in [0.5, 0.6) is 11.5 Å². The van der Waals surface area contributed by atoms with Gasteiger partial charge in [0.2, 0.25) is 0 Å². The number of hydrogen-bond acceptors (Lipinski definition) is 4. The largest absolute Gasteiger partial charge is 0.504 e. The van der Waals surface area contributed by atoms with E-state index in [0.717, 1.165) is 5.56 Å². The van der Waals surface area contributed by atoms with Crippen LogP contribution in [0.15, 0.2) is 30.7 Å². The maximum Gasteiger partial charge on any atom is 0.297 e. The maximum absolute atomic E-state index is 9.67. The second-order valence-corrected chi connectivity index (χ2v) is 4.08. The molecule has 0 fully saturated rings. The zero-order chi connectivity index (χ0) is 12.3. The molecule has 0 bridgehead atoms. The average molecular weight is 257 g/mol. The molecule has 0 radical (unpaired) electrons. The fourth-order valence-electron chi connectivity index (χ4n) is 1.44. The van der Waals surface area contributed by atoms with Crippen molar-refractivity contribution in [3.8, 4) is 11.5 Å². The topological polar surface area (TPSA) is 47.9 Å². The van der Waals surface area contributed by atoms with Gasteiger partial charge < -0.3 is 19.3 Å². The van der Waals surface area contributed by atoms with E-state index >= 15 is 0 Å². The minimum atomic E-state index is -1.00. The van der Waals surface area contributed by atoms with Crippen LogP contribution in [0.4, 0.5) is 0 Å². The summed E-state index contributed by atoms with van der Waals surface area (Å²) in [6.45, 7) is 1.98. The van der Waals surface area contributed by atoms with Gasteiger partial charge in [0.05, 0.1) is 0 Å². The maximum atomic E-state index is 9.67. The highest BCUT2D eigenvalue weighted by Crippen LogP contribution is 2.29. The summed E-state index contributed by atoms with van der Waals surface area (Å²) >= 11 is 5.76. The molecule has 0 amide bonds. The van der Waals surface area contributed by atoms with E-state index in [9.17, 15) is 5.11 Å². The van der Waals surface area contributed by atoms with Gasteiger partial charge in [0.15, 0.2) is 18.1 Å². The van der Waals surface area contributed by atoms with Crippen molar-refractivity contribution >= 4 is 11.6 Å². The van der Waals surface area contributed by atoms with Crippen LogP contribution in [0.25, 0.3) is 0 Å². The molecule has 0 saturated carbocycles. The van der Waals surface area contributed by atoms with Gasteiger partial charge in [0, 0.05) is 0 Å². The Labute approximate surface area is 104 Å². The van der Waals surface area contributed by atoms with Crippen molar-refractivity contribution in [1.82, 2.24) is 0 Å². The summed E-state index contributed by atoms with van der Waals surface area (Å²) in [6, 6.07) is 5.16. The van der Waals surface area contributed by atoms with Crippen LogP contribution in [0, 0.1) is 6.92 Å². The van der Waals surface area contributed by atoms with E-state index in [4.69, 9.17) is 25.8 Å². The highest BCUT2D eigenvalue weighted by atomic mass is 35.5. The van der Waals surface area contributed by atoms with Crippen molar-refractivity contribution in [2.24, 2.45) is 0 Å². The Bertz CT molecular complexity index is 423. The SMILES string of the molecule is Cc1ccc(OCC2(CCl)OC=CO2)c(O)c1. The molecule has 2 rings (SSSR count). The van der Waals surface area contributed by atoms with Crippen LogP contribution in [0.1, 0.15) is 5.56 Å². The molecule has 0 aromatic heterocycles. The van der Waals surface area contributed by atoms with Crippen molar-refractivity contribution < 1.29 is 19.3 Å². The van der Waals surface area contributed by atoms with E-state index in [-0.39, 0.29) is 18.2 Å². The standard InChI is InChI=1S/C12H13ClO4/c1-9-2-3-11(10(14)6-9)15-8-12(7-13)16-4-5-17-12/h2-6,14H,7-8H2,1H3. The number of ether oxygens (including phenoxy) is 3. The molecule has 1 N–H and O–H groups in total. The van der Waals surface area contributed by atoms with E-state index < -0.39 is 5.79 Å². The van der Waals surface area contributed by atoms with Crippen LogP contribution in [0.3, 0.4) is 0 Å². The molecule has 17 heavy (non-hydrogen) atoms. The highest BCUT2D eigenvalue weighted by molar-refractivity contribution is 6.18. The number of halogens is 1. The summed E-state index contributed by atoms with van der Waals surface area (Å²) in [5, 5.41) is 9.67. The van der Waals surface area contributed by atoms with E-state index in [1.54, 1.807) is 12.1 Å². The van der Waals surface area contributed by atoms with E-state index in [1.807, 2.05) is 13.0 Å². The van der Waals surface area contributed by atoms with Crippen molar-refractivity contribution in [3.63, 3.8) is 0 Å². The quantitative estimate of drug-likeness (QED) is 0.841. The Morgan fingerprint density at radius 1 is 1.35 bits per heavy atom. The van der Waals surface area contributed by atoms with Gasteiger partial charge in [-0.1, -0.05) is 6.07 Å². The highest BCUT2D eigenvalue weighted by Gasteiger charge is 2.36. The lowest BCUT2D eigenvalue weighted by atomic mass is 10.2. The third-order valence-electron chi connectivity index (χ3n) is 2.39. The number of rotatable bonds is 4. The van der Waals surface area contributed by atoms with Gasteiger partial charge in [-0.15, -0.1) is 11.6 Å². The molecular formula is C12H13ClO4. The molecule has 5 heteroatoms. The normalized spacial score (nSPS) is 16.4. The lowest BCUT2D eigenvalue weighted by molar-refractivity contribution is -0.145. The molecule has 1 aromatic rings. The summed E-state index contributed by atoms with van der Waals surface area (Å²) in [7, 11) is 0. The predicted octanol–water partition coefficient (Wildman–Crippen LogP) is 2.53. The summed E-state index contributed by atoms with van der Waals surface area (Å²) in [4.78, 5) is 0. The molecular weight excluding hydrogens is 244 g/mol. The Morgan fingerprint density at radius 3 is 2.65 bits per heavy atom. The summed E-state index contributed by atoms with van der Waals surface area (Å²) < 4.78 is 15.9. The Morgan fingerprint density at radius 2 is 2.06 bits per heavy atom. The predicted molar refractivity (Wildman–Crippen MR) is 63.1 cm³/mol. The number of phenolic OH excluding ortho intramolecular Hbond substituents is 1. The summed E-state index contributed by atoms with van der Waals surface area (Å²) in [6.07, 6.45) is 2.83. The second kappa shape index (κ2) is 4.75. The molecule has 1 aliphatic rings. The Kier molecular flexibility index (Phi) is 3.33. The molecule has 0 atom stereocenters. The number of phenols is 1. The third kappa shape index (κ3) is 2.58. The smallest absolute Gasteiger partial charge is 0.297 e. The summed E-state index contributed by atoms with van der Waals surface area (Å²) in [5.41, 5.74) is 0.955. The lowest BCUT2D eigenvalue weighted by Gasteiger charge is -2.25. The van der Waals surface area contributed by atoms with Gasteiger partial charge >= 0.3 is 0 Å². The molecule has 0 aliphatic carbocycles. The van der Waals surface area contributed by atoms with E-state index in [0.29, 0.717) is 5.75 Å². The lowest BCUT2D eigenvalue weighted by Crippen LogP contribution is -2.39. The van der Waals surface area contributed by atoms with Crippen LogP contribution < -0.4 is 4.74 Å². The monoisotopic (exact) mass is 256 g/mol. The molecule has 0 unspecified atom stereocenters. The molecule has 0 saturated heterocycles. The molecule has 1 heterocycles. The first kappa shape index (κ1) is 11.9. The van der Waals surface area contributed by atoms with E-state index in [1.165, 1.54) is 12.5 Å². The van der Waals surface area contributed by atoms with Crippen molar-refractivity contribution in [1.29, 1.82) is 0 Å². The zero-order valence-electron chi connectivity index (χ0n) is 9.35. The number of hydrogen-bond donors (Lipinski definition) is 1. The minimum absolute atomic E-state index is 0.0840. The van der Waals surface area contributed by atoms with Crippen LogP contribution in [0.2, 0.25) is 0 Å². The molecule has 0 spiro atoms. The molecule has 1 aromatic carbocycles. The first-order valence-electron chi connectivity index (χ1n) is 5.14. The molecule has 4 nitrogen and oxygen atoms in total. The van der Waals surface area contributed by atoms with Gasteiger partial charge in [0.25, 0.3) is 5.79 Å². The van der Waals surface area contributed by atoms with Crippen LogP contribution in [-0.4, -0.2) is 23.4 Å². The average Bonchev–Trinajstić information content (AvgIpc) is 2.77. The first-order valence-corrected chi connectivity index (χ1v) is 5.68. The van der Waals surface area contributed by atoms with Crippen LogP contribution in [-0.2, 0) is 9.47 Å². The first-order chi connectivity index (χ1) is 8.15. The number of aromatic hydroxyl groups is 1. The minimum Gasteiger partial charge on any atom is -0.504 e. The Balaban J connectivity index is 2.02. The fraction of sp³-hybridized carbons (Fsp3) is 0.333. The van der Waals surface area contributed by atoms with Gasteiger partial charge in [-0.05, 0) is 24.6 Å². The van der Waals surface area contributed by atoms with Gasteiger partial charge in [-0.25, -0.2) is 0 Å². The fourth-order valence-corrected chi connectivity index (χ4v) is 1.64. The van der Waals surface area contributed by atoms with Crippen LogP contribution >= 0.6 is 11.6 Å². The van der Waals surface area contributed by atoms with Crippen molar-refractivity contribution in [2.75, 3.05) is 12.5 Å². The third-order valence-corrected chi connectivity index (χ3v) is 2.79. The number of aryl methyl sites for hydroxylation is 1.